The summed E-state index contributed by atoms with van der Waals surface area (Å²) in [5.41, 5.74) is 1.31. The van der Waals surface area contributed by atoms with Crippen LogP contribution in [0.3, 0.4) is 0 Å². The summed E-state index contributed by atoms with van der Waals surface area (Å²) in [5, 5.41) is 0. The Labute approximate surface area is 135 Å². The molecule has 0 radical (unpaired) electrons. The van der Waals surface area contributed by atoms with Crippen molar-refractivity contribution < 1.29 is 4.74 Å². The number of rotatable bonds is 8. The summed E-state index contributed by atoms with van der Waals surface area (Å²) in [7, 11) is 2.19. The molecule has 1 aliphatic rings. The average Bonchev–Trinajstić information content (AvgIpc) is 2.58. The molecule has 1 aromatic carbocycles. The standard InChI is InChI=1S/C18H31N3O/c1-4-16-22-18-8-6-17(7-9-18)21-14-12-20(13-15-21)11-10-19(3)5-2/h6-9H,4-5,10-16H2,1-3H3. The number of benzene rings is 1. The van der Waals surface area contributed by atoms with Gasteiger partial charge in [-0.2, -0.15) is 0 Å². The van der Waals surface area contributed by atoms with E-state index in [2.05, 4.69) is 59.9 Å². The molecule has 0 aliphatic carbocycles. The molecule has 0 spiro atoms. The van der Waals surface area contributed by atoms with Gasteiger partial charge in [0.05, 0.1) is 6.61 Å². The first-order valence-electron chi connectivity index (χ1n) is 8.61. The third-order valence-electron chi connectivity index (χ3n) is 4.38. The second-order valence-corrected chi connectivity index (χ2v) is 6.07. The predicted molar refractivity (Wildman–Crippen MR) is 94.1 cm³/mol. The fourth-order valence-corrected chi connectivity index (χ4v) is 2.67. The van der Waals surface area contributed by atoms with E-state index >= 15 is 0 Å². The highest BCUT2D eigenvalue weighted by atomic mass is 16.5. The molecule has 1 heterocycles. The van der Waals surface area contributed by atoms with E-state index < -0.39 is 0 Å². The minimum Gasteiger partial charge on any atom is -0.494 e. The molecular formula is C18H31N3O. The van der Waals surface area contributed by atoms with Gasteiger partial charge in [-0.15, -0.1) is 0 Å². The summed E-state index contributed by atoms with van der Waals surface area (Å²) in [6.45, 7) is 13.2. The van der Waals surface area contributed by atoms with Crippen LogP contribution in [-0.4, -0.2) is 69.3 Å². The summed E-state index contributed by atoms with van der Waals surface area (Å²) in [5.74, 6) is 0.979. The first kappa shape index (κ1) is 17.1. The quantitative estimate of drug-likeness (QED) is 0.734. The van der Waals surface area contributed by atoms with Crippen LogP contribution in [0, 0.1) is 0 Å². The van der Waals surface area contributed by atoms with E-state index in [4.69, 9.17) is 4.74 Å². The minimum absolute atomic E-state index is 0.796. The highest BCUT2D eigenvalue weighted by Crippen LogP contribution is 2.20. The smallest absolute Gasteiger partial charge is 0.119 e. The molecule has 1 fully saturated rings. The van der Waals surface area contributed by atoms with E-state index in [0.29, 0.717) is 0 Å². The molecule has 2 rings (SSSR count). The summed E-state index contributed by atoms with van der Waals surface area (Å²) in [6, 6.07) is 8.55. The van der Waals surface area contributed by atoms with E-state index in [1.165, 1.54) is 18.8 Å². The summed E-state index contributed by atoms with van der Waals surface area (Å²) in [4.78, 5) is 7.42. The van der Waals surface area contributed by atoms with Gasteiger partial charge in [0.25, 0.3) is 0 Å². The van der Waals surface area contributed by atoms with Crippen LogP contribution in [0.5, 0.6) is 5.75 Å². The summed E-state index contributed by atoms with van der Waals surface area (Å²) >= 11 is 0. The Hall–Kier alpha value is -1.26. The molecule has 22 heavy (non-hydrogen) atoms. The molecule has 0 saturated carbocycles. The lowest BCUT2D eigenvalue weighted by atomic mass is 10.2. The van der Waals surface area contributed by atoms with Crippen molar-refractivity contribution in [3.63, 3.8) is 0 Å². The van der Waals surface area contributed by atoms with E-state index in [1.807, 2.05) is 0 Å². The van der Waals surface area contributed by atoms with Gasteiger partial charge in [-0.3, -0.25) is 4.90 Å². The van der Waals surface area contributed by atoms with Crippen molar-refractivity contribution in [1.29, 1.82) is 0 Å². The Balaban J connectivity index is 1.76. The van der Waals surface area contributed by atoms with E-state index in [0.717, 1.165) is 51.5 Å². The van der Waals surface area contributed by atoms with E-state index in [9.17, 15) is 0 Å². The maximum atomic E-state index is 5.65. The van der Waals surface area contributed by atoms with Crippen molar-refractivity contribution in [1.82, 2.24) is 9.80 Å². The molecule has 1 saturated heterocycles. The molecule has 124 valence electrons. The van der Waals surface area contributed by atoms with Crippen molar-refractivity contribution in [3.05, 3.63) is 24.3 Å². The highest BCUT2D eigenvalue weighted by Gasteiger charge is 2.17. The third-order valence-corrected chi connectivity index (χ3v) is 4.38. The molecule has 1 aliphatic heterocycles. The molecule has 0 bridgehead atoms. The fraction of sp³-hybridized carbons (Fsp3) is 0.667. The zero-order valence-corrected chi connectivity index (χ0v) is 14.4. The van der Waals surface area contributed by atoms with Crippen LogP contribution in [0.4, 0.5) is 5.69 Å². The predicted octanol–water partition coefficient (Wildman–Crippen LogP) is 2.55. The Morgan fingerprint density at radius 2 is 1.73 bits per heavy atom. The topological polar surface area (TPSA) is 19.0 Å². The number of anilines is 1. The molecule has 1 aromatic rings. The van der Waals surface area contributed by atoms with Gasteiger partial charge >= 0.3 is 0 Å². The molecular weight excluding hydrogens is 274 g/mol. The number of ether oxygens (including phenoxy) is 1. The summed E-state index contributed by atoms with van der Waals surface area (Å²) < 4.78 is 5.65. The van der Waals surface area contributed by atoms with Gasteiger partial charge in [0.15, 0.2) is 0 Å². The Bertz CT molecular complexity index is 413. The SMILES string of the molecule is CCCOc1ccc(N2CCN(CCN(C)CC)CC2)cc1. The molecule has 0 atom stereocenters. The number of likely N-dealkylation sites (N-methyl/N-ethyl adjacent to an activating group) is 1. The van der Waals surface area contributed by atoms with Gasteiger partial charge in [-0.05, 0) is 44.3 Å². The van der Waals surface area contributed by atoms with Crippen LogP contribution in [0.1, 0.15) is 20.3 Å². The van der Waals surface area contributed by atoms with Crippen LogP contribution in [0.15, 0.2) is 24.3 Å². The first-order chi connectivity index (χ1) is 10.7. The first-order valence-corrected chi connectivity index (χ1v) is 8.61. The zero-order chi connectivity index (χ0) is 15.8. The van der Waals surface area contributed by atoms with Crippen molar-refractivity contribution in [2.45, 2.75) is 20.3 Å². The molecule has 0 N–H and O–H groups in total. The largest absolute Gasteiger partial charge is 0.494 e. The van der Waals surface area contributed by atoms with Gasteiger partial charge in [0.1, 0.15) is 5.75 Å². The highest BCUT2D eigenvalue weighted by molar-refractivity contribution is 5.49. The van der Waals surface area contributed by atoms with Crippen LogP contribution in [-0.2, 0) is 0 Å². The monoisotopic (exact) mass is 305 g/mol. The van der Waals surface area contributed by atoms with Crippen LogP contribution in [0.2, 0.25) is 0 Å². The van der Waals surface area contributed by atoms with E-state index in [1.54, 1.807) is 0 Å². The average molecular weight is 305 g/mol. The van der Waals surface area contributed by atoms with Crippen molar-refractivity contribution in [2.75, 3.05) is 64.4 Å². The Morgan fingerprint density at radius 3 is 2.32 bits per heavy atom. The maximum Gasteiger partial charge on any atom is 0.119 e. The number of piperazine rings is 1. The lowest BCUT2D eigenvalue weighted by Crippen LogP contribution is -2.48. The maximum absolute atomic E-state index is 5.65. The normalized spacial score (nSPS) is 16.3. The molecule has 4 heteroatoms. The molecule has 4 nitrogen and oxygen atoms in total. The van der Waals surface area contributed by atoms with Gasteiger partial charge in [-0.25, -0.2) is 0 Å². The number of hydrogen-bond acceptors (Lipinski definition) is 4. The Morgan fingerprint density at radius 1 is 1.05 bits per heavy atom. The third kappa shape index (κ3) is 5.18. The number of hydrogen-bond donors (Lipinski definition) is 0. The minimum atomic E-state index is 0.796. The van der Waals surface area contributed by atoms with Gasteiger partial charge < -0.3 is 14.5 Å². The van der Waals surface area contributed by atoms with Gasteiger partial charge in [0, 0.05) is 45.0 Å². The zero-order valence-electron chi connectivity index (χ0n) is 14.4. The fourth-order valence-electron chi connectivity index (χ4n) is 2.67. The lowest BCUT2D eigenvalue weighted by molar-refractivity contribution is 0.219. The van der Waals surface area contributed by atoms with Crippen molar-refractivity contribution in [3.8, 4) is 5.75 Å². The van der Waals surface area contributed by atoms with Gasteiger partial charge in [0.2, 0.25) is 0 Å². The van der Waals surface area contributed by atoms with Crippen LogP contribution < -0.4 is 9.64 Å². The second kappa shape index (κ2) is 9.01. The van der Waals surface area contributed by atoms with Crippen LogP contribution in [0.25, 0.3) is 0 Å². The van der Waals surface area contributed by atoms with Crippen LogP contribution >= 0.6 is 0 Å². The molecule has 0 amide bonds. The van der Waals surface area contributed by atoms with Gasteiger partial charge in [-0.1, -0.05) is 13.8 Å². The van der Waals surface area contributed by atoms with Crippen molar-refractivity contribution in [2.24, 2.45) is 0 Å². The Kier molecular flexibility index (Phi) is 7.00. The second-order valence-electron chi connectivity index (χ2n) is 6.07. The van der Waals surface area contributed by atoms with Crippen molar-refractivity contribution >= 4 is 5.69 Å². The van der Waals surface area contributed by atoms with E-state index in [-0.39, 0.29) is 0 Å². The number of nitrogens with zero attached hydrogens (tertiary/aromatic N) is 3. The molecule has 0 aromatic heterocycles. The molecule has 0 unspecified atom stereocenters. The lowest BCUT2D eigenvalue weighted by Gasteiger charge is -2.36. The summed E-state index contributed by atoms with van der Waals surface area (Å²) in [6.07, 6.45) is 1.05.